The van der Waals surface area contributed by atoms with Crippen molar-refractivity contribution in [3.63, 3.8) is 0 Å². The standard InChI is InChI=1S/C10H14N6O/c11-6-1-3-16(4-2-6)9-7-8(12-5-13-9)15-10(17)14-7/h5-6H,1-4,11H2,(H2,12,13,14,15,17). The minimum atomic E-state index is -0.254. The Balaban J connectivity index is 2.02. The van der Waals surface area contributed by atoms with E-state index in [2.05, 4.69) is 24.8 Å². The number of hydrogen-bond acceptors (Lipinski definition) is 5. The molecule has 1 saturated heterocycles. The summed E-state index contributed by atoms with van der Waals surface area (Å²) in [5.74, 6) is 0.778. The lowest BCUT2D eigenvalue weighted by molar-refractivity contribution is 0.499. The summed E-state index contributed by atoms with van der Waals surface area (Å²) in [4.78, 5) is 27.0. The van der Waals surface area contributed by atoms with Gasteiger partial charge in [-0.2, -0.15) is 0 Å². The highest BCUT2D eigenvalue weighted by atomic mass is 16.1. The van der Waals surface area contributed by atoms with E-state index in [1.165, 1.54) is 6.33 Å². The first-order valence-corrected chi connectivity index (χ1v) is 5.67. The zero-order chi connectivity index (χ0) is 11.8. The van der Waals surface area contributed by atoms with Crippen LogP contribution in [0.2, 0.25) is 0 Å². The predicted octanol–water partition coefficient (Wildman–Crippen LogP) is -0.426. The van der Waals surface area contributed by atoms with Gasteiger partial charge in [0.1, 0.15) is 11.8 Å². The lowest BCUT2D eigenvalue weighted by Crippen LogP contribution is -2.40. The number of piperidine rings is 1. The Kier molecular flexibility index (Phi) is 2.32. The average Bonchev–Trinajstić information content (AvgIpc) is 2.70. The molecule has 7 nitrogen and oxygen atoms in total. The molecular formula is C10H14N6O. The summed E-state index contributed by atoms with van der Waals surface area (Å²) < 4.78 is 0. The first-order chi connectivity index (χ1) is 8.24. The van der Waals surface area contributed by atoms with Gasteiger partial charge in [-0.25, -0.2) is 14.8 Å². The highest BCUT2D eigenvalue weighted by molar-refractivity contribution is 5.82. The average molecular weight is 234 g/mol. The monoisotopic (exact) mass is 234 g/mol. The Morgan fingerprint density at radius 2 is 2.06 bits per heavy atom. The van der Waals surface area contributed by atoms with Crippen molar-refractivity contribution >= 4 is 17.0 Å². The van der Waals surface area contributed by atoms with Gasteiger partial charge in [0.05, 0.1) is 0 Å². The fourth-order valence-corrected chi connectivity index (χ4v) is 2.19. The fraction of sp³-hybridized carbons (Fsp3) is 0.500. The number of nitrogens with two attached hydrogens (primary N) is 1. The predicted molar refractivity (Wildman–Crippen MR) is 63.9 cm³/mol. The molecule has 0 unspecified atom stereocenters. The van der Waals surface area contributed by atoms with Crippen LogP contribution in [0.3, 0.4) is 0 Å². The SMILES string of the molecule is NC1CCN(c2ncnc3[nH]c(=O)[nH]c23)CC1. The van der Waals surface area contributed by atoms with Gasteiger partial charge in [0.25, 0.3) is 0 Å². The third kappa shape index (κ3) is 1.78. The second-order valence-electron chi connectivity index (χ2n) is 4.32. The van der Waals surface area contributed by atoms with E-state index in [4.69, 9.17) is 5.73 Å². The van der Waals surface area contributed by atoms with Crippen LogP contribution in [0.4, 0.5) is 5.82 Å². The smallest absolute Gasteiger partial charge is 0.325 e. The molecule has 17 heavy (non-hydrogen) atoms. The van der Waals surface area contributed by atoms with Crippen LogP contribution in [0.15, 0.2) is 11.1 Å². The highest BCUT2D eigenvalue weighted by Crippen LogP contribution is 2.21. The highest BCUT2D eigenvalue weighted by Gasteiger charge is 2.20. The number of fused-ring (bicyclic) bond motifs is 1. The number of H-pyrrole nitrogens is 2. The van der Waals surface area contributed by atoms with E-state index in [0.29, 0.717) is 11.2 Å². The normalized spacial score (nSPS) is 17.8. The molecule has 2 aromatic rings. The van der Waals surface area contributed by atoms with Crippen LogP contribution in [0.1, 0.15) is 12.8 Å². The second kappa shape index (κ2) is 3.85. The molecule has 1 aliphatic rings. The molecule has 1 fully saturated rings. The maximum absolute atomic E-state index is 11.3. The number of imidazole rings is 1. The van der Waals surface area contributed by atoms with Crippen molar-refractivity contribution in [2.45, 2.75) is 18.9 Å². The van der Waals surface area contributed by atoms with Crippen molar-refractivity contribution < 1.29 is 0 Å². The van der Waals surface area contributed by atoms with Crippen LogP contribution >= 0.6 is 0 Å². The van der Waals surface area contributed by atoms with Crippen LogP contribution in [-0.4, -0.2) is 39.1 Å². The number of nitrogens with one attached hydrogen (secondary N) is 2. The summed E-state index contributed by atoms with van der Waals surface area (Å²) in [5, 5.41) is 0. The van der Waals surface area contributed by atoms with Crippen LogP contribution < -0.4 is 16.3 Å². The lowest BCUT2D eigenvalue weighted by atomic mass is 10.1. The summed E-state index contributed by atoms with van der Waals surface area (Å²) >= 11 is 0. The number of nitrogens with zero attached hydrogens (tertiary/aromatic N) is 3. The number of anilines is 1. The zero-order valence-electron chi connectivity index (χ0n) is 9.31. The Morgan fingerprint density at radius 1 is 1.29 bits per heavy atom. The molecule has 0 saturated carbocycles. The van der Waals surface area contributed by atoms with E-state index in [1.807, 2.05) is 0 Å². The summed E-state index contributed by atoms with van der Waals surface area (Å²) in [7, 11) is 0. The van der Waals surface area contributed by atoms with Gasteiger partial charge in [-0.3, -0.25) is 4.98 Å². The summed E-state index contributed by atoms with van der Waals surface area (Å²) in [6.45, 7) is 1.72. The van der Waals surface area contributed by atoms with Crippen LogP contribution in [0.25, 0.3) is 11.2 Å². The Hall–Kier alpha value is -1.89. The minimum absolute atomic E-state index is 0.254. The van der Waals surface area contributed by atoms with Crippen LogP contribution in [0, 0.1) is 0 Å². The van der Waals surface area contributed by atoms with E-state index in [9.17, 15) is 4.79 Å². The number of aromatic amines is 2. The molecule has 4 N–H and O–H groups in total. The van der Waals surface area contributed by atoms with Crippen molar-refractivity contribution in [3.8, 4) is 0 Å². The van der Waals surface area contributed by atoms with E-state index in [-0.39, 0.29) is 11.7 Å². The molecule has 0 radical (unpaired) electrons. The first kappa shape index (κ1) is 10.3. The molecule has 0 aromatic carbocycles. The maximum Gasteiger partial charge on any atom is 0.325 e. The summed E-state index contributed by atoms with van der Waals surface area (Å²) in [6, 6.07) is 0.272. The largest absolute Gasteiger partial charge is 0.355 e. The van der Waals surface area contributed by atoms with Crippen molar-refractivity contribution in [2.75, 3.05) is 18.0 Å². The van der Waals surface area contributed by atoms with Gasteiger partial charge in [0.2, 0.25) is 0 Å². The van der Waals surface area contributed by atoms with Gasteiger partial charge in [0.15, 0.2) is 11.5 Å². The number of aromatic nitrogens is 4. The Morgan fingerprint density at radius 3 is 2.82 bits per heavy atom. The van der Waals surface area contributed by atoms with Gasteiger partial charge in [0, 0.05) is 19.1 Å². The van der Waals surface area contributed by atoms with Crippen molar-refractivity contribution in [2.24, 2.45) is 5.73 Å². The molecular weight excluding hydrogens is 220 g/mol. The number of rotatable bonds is 1. The van der Waals surface area contributed by atoms with Gasteiger partial charge < -0.3 is 15.6 Å². The third-order valence-electron chi connectivity index (χ3n) is 3.14. The quantitative estimate of drug-likeness (QED) is 0.621. The lowest BCUT2D eigenvalue weighted by Gasteiger charge is -2.30. The molecule has 1 aliphatic heterocycles. The van der Waals surface area contributed by atoms with Crippen molar-refractivity contribution in [3.05, 3.63) is 16.8 Å². The van der Waals surface area contributed by atoms with Crippen molar-refractivity contribution in [1.82, 2.24) is 19.9 Å². The topological polar surface area (TPSA) is 104 Å². The molecule has 3 rings (SSSR count). The Labute approximate surface area is 97.1 Å². The first-order valence-electron chi connectivity index (χ1n) is 5.67. The Bertz CT molecular complexity index is 580. The molecule has 2 aromatic heterocycles. The zero-order valence-corrected chi connectivity index (χ0v) is 9.31. The van der Waals surface area contributed by atoms with Gasteiger partial charge in [-0.15, -0.1) is 0 Å². The molecule has 0 aliphatic carbocycles. The van der Waals surface area contributed by atoms with Gasteiger partial charge in [-0.05, 0) is 12.8 Å². The minimum Gasteiger partial charge on any atom is -0.355 e. The molecule has 0 bridgehead atoms. The molecule has 7 heteroatoms. The molecule has 0 spiro atoms. The van der Waals surface area contributed by atoms with E-state index >= 15 is 0 Å². The molecule has 3 heterocycles. The van der Waals surface area contributed by atoms with Crippen LogP contribution in [0.5, 0.6) is 0 Å². The third-order valence-corrected chi connectivity index (χ3v) is 3.14. The molecule has 90 valence electrons. The van der Waals surface area contributed by atoms with Gasteiger partial charge >= 0.3 is 5.69 Å². The molecule has 0 amide bonds. The second-order valence-corrected chi connectivity index (χ2v) is 4.32. The fourth-order valence-electron chi connectivity index (χ4n) is 2.19. The van der Waals surface area contributed by atoms with Gasteiger partial charge in [-0.1, -0.05) is 0 Å². The molecule has 0 atom stereocenters. The maximum atomic E-state index is 11.3. The number of hydrogen-bond donors (Lipinski definition) is 3. The van der Waals surface area contributed by atoms with Crippen LogP contribution in [-0.2, 0) is 0 Å². The summed E-state index contributed by atoms with van der Waals surface area (Å²) in [6.07, 6.45) is 3.36. The van der Waals surface area contributed by atoms with Crippen molar-refractivity contribution in [1.29, 1.82) is 0 Å². The van der Waals surface area contributed by atoms with E-state index < -0.39 is 0 Å². The summed E-state index contributed by atoms with van der Waals surface area (Å²) in [5.41, 5.74) is 6.84. The van der Waals surface area contributed by atoms with E-state index in [0.717, 1.165) is 31.7 Å². The van der Waals surface area contributed by atoms with E-state index in [1.54, 1.807) is 0 Å².